The molecular formula is C21H36N6. The summed E-state index contributed by atoms with van der Waals surface area (Å²) in [6.45, 7) is 15.8. The van der Waals surface area contributed by atoms with Crippen LogP contribution in [-0.4, -0.2) is 85.2 Å². The van der Waals surface area contributed by atoms with Gasteiger partial charge in [-0.05, 0) is 51.9 Å². The van der Waals surface area contributed by atoms with Gasteiger partial charge < -0.3 is 19.6 Å². The van der Waals surface area contributed by atoms with Crippen LogP contribution in [0, 0.1) is 0 Å². The lowest BCUT2D eigenvalue weighted by molar-refractivity contribution is 0.310. The van der Waals surface area contributed by atoms with Crippen molar-refractivity contribution in [3.8, 4) is 0 Å². The van der Waals surface area contributed by atoms with Gasteiger partial charge in [-0.2, -0.15) is 4.98 Å². The van der Waals surface area contributed by atoms with E-state index < -0.39 is 0 Å². The number of rotatable bonds is 5. The van der Waals surface area contributed by atoms with Crippen molar-refractivity contribution in [1.82, 2.24) is 19.8 Å². The summed E-state index contributed by atoms with van der Waals surface area (Å²) in [5.74, 6) is 2.81. The SMILES string of the molecule is CCN1CCCN(c2cc(C3CC3)nc(N3CCCN(CC)CC3)n2)CC1. The summed E-state index contributed by atoms with van der Waals surface area (Å²) >= 11 is 0. The van der Waals surface area contributed by atoms with Crippen molar-refractivity contribution in [2.24, 2.45) is 0 Å². The van der Waals surface area contributed by atoms with E-state index >= 15 is 0 Å². The molecule has 2 saturated heterocycles. The van der Waals surface area contributed by atoms with Gasteiger partial charge in [0.25, 0.3) is 0 Å². The first-order chi connectivity index (χ1) is 13.3. The molecule has 4 rings (SSSR count). The normalized spacial score (nSPS) is 23.3. The van der Waals surface area contributed by atoms with Crippen molar-refractivity contribution in [2.75, 3.05) is 75.2 Å². The van der Waals surface area contributed by atoms with Gasteiger partial charge in [-0.3, -0.25) is 0 Å². The van der Waals surface area contributed by atoms with Gasteiger partial charge in [0.1, 0.15) is 5.82 Å². The van der Waals surface area contributed by atoms with E-state index in [9.17, 15) is 0 Å². The van der Waals surface area contributed by atoms with Crippen LogP contribution in [0.1, 0.15) is 51.1 Å². The maximum atomic E-state index is 5.08. The molecule has 3 fully saturated rings. The van der Waals surface area contributed by atoms with Crippen LogP contribution in [0.5, 0.6) is 0 Å². The molecule has 1 aromatic rings. The Morgan fingerprint density at radius 3 is 2.04 bits per heavy atom. The number of aromatic nitrogens is 2. The fourth-order valence-electron chi connectivity index (χ4n) is 4.33. The number of anilines is 2. The molecule has 1 saturated carbocycles. The molecule has 1 aromatic heterocycles. The molecule has 0 unspecified atom stereocenters. The van der Waals surface area contributed by atoms with Crippen molar-refractivity contribution < 1.29 is 0 Å². The van der Waals surface area contributed by atoms with Gasteiger partial charge in [0.05, 0.1) is 5.69 Å². The van der Waals surface area contributed by atoms with Gasteiger partial charge in [0.2, 0.25) is 5.95 Å². The van der Waals surface area contributed by atoms with E-state index in [-0.39, 0.29) is 0 Å². The molecule has 2 aliphatic heterocycles. The molecule has 6 nitrogen and oxygen atoms in total. The average Bonchev–Trinajstić information content (AvgIpc) is 3.56. The Morgan fingerprint density at radius 2 is 1.41 bits per heavy atom. The van der Waals surface area contributed by atoms with Crippen LogP contribution in [-0.2, 0) is 0 Å². The lowest BCUT2D eigenvalue weighted by Crippen LogP contribution is -2.33. The minimum absolute atomic E-state index is 0.670. The minimum atomic E-state index is 0.670. The molecule has 3 aliphatic rings. The van der Waals surface area contributed by atoms with Crippen LogP contribution >= 0.6 is 0 Å². The first-order valence-electron chi connectivity index (χ1n) is 11.1. The second-order valence-corrected chi connectivity index (χ2v) is 8.28. The van der Waals surface area contributed by atoms with Gasteiger partial charge in [0.15, 0.2) is 0 Å². The third-order valence-electron chi connectivity index (χ3n) is 6.39. The Bertz CT molecular complexity index is 572. The van der Waals surface area contributed by atoms with E-state index in [1.54, 1.807) is 0 Å². The number of likely N-dealkylation sites (N-methyl/N-ethyl adjacent to an activating group) is 2. The van der Waals surface area contributed by atoms with Gasteiger partial charge >= 0.3 is 0 Å². The maximum absolute atomic E-state index is 5.08. The molecule has 0 spiro atoms. The molecule has 0 aromatic carbocycles. The minimum Gasteiger partial charge on any atom is -0.355 e. The zero-order chi connectivity index (χ0) is 18.6. The second-order valence-electron chi connectivity index (χ2n) is 8.28. The fourth-order valence-corrected chi connectivity index (χ4v) is 4.33. The van der Waals surface area contributed by atoms with E-state index in [0.29, 0.717) is 5.92 Å². The van der Waals surface area contributed by atoms with E-state index in [1.165, 1.54) is 44.5 Å². The van der Waals surface area contributed by atoms with Crippen LogP contribution in [0.15, 0.2) is 6.07 Å². The topological polar surface area (TPSA) is 38.7 Å². The summed E-state index contributed by atoms with van der Waals surface area (Å²) in [4.78, 5) is 20.1. The van der Waals surface area contributed by atoms with Gasteiger partial charge in [-0.15, -0.1) is 0 Å². The fraction of sp³-hybridized carbons (Fsp3) is 0.810. The summed E-state index contributed by atoms with van der Waals surface area (Å²) < 4.78 is 0. The molecule has 0 N–H and O–H groups in total. The van der Waals surface area contributed by atoms with E-state index in [1.807, 2.05) is 0 Å². The van der Waals surface area contributed by atoms with E-state index in [4.69, 9.17) is 9.97 Å². The standard InChI is InChI=1S/C21H36N6/c1-3-24-9-5-11-26(15-13-24)20-17-19(18-7-8-18)22-21(23-20)27-12-6-10-25(4-2)14-16-27/h17-18H,3-16H2,1-2H3. The Balaban J connectivity index is 1.55. The lowest BCUT2D eigenvalue weighted by Gasteiger charge is -2.26. The van der Waals surface area contributed by atoms with Crippen LogP contribution in [0.4, 0.5) is 11.8 Å². The van der Waals surface area contributed by atoms with Gasteiger partial charge in [0, 0.05) is 51.3 Å². The van der Waals surface area contributed by atoms with Crippen molar-refractivity contribution >= 4 is 11.8 Å². The van der Waals surface area contributed by atoms with E-state index in [0.717, 1.165) is 64.1 Å². The summed E-state index contributed by atoms with van der Waals surface area (Å²) in [6, 6.07) is 2.29. The summed E-state index contributed by atoms with van der Waals surface area (Å²) in [6.07, 6.45) is 5.02. The summed E-state index contributed by atoms with van der Waals surface area (Å²) in [5, 5.41) is 0. The van der Waals surface area contributed by atoms with Crippen molar-refractivity contribution in [3.63, 3.8) is 0 Å². The Labute approximate surface area is 164 Å². The zero-order valence-electron chi connectivity index (χ0n) is 17.2. The predicted octanol–water partition coefficient (Wildman–Crippen LogP) is 2.42. The monoisotopic (exact) mass is 372 g/mol. The van der Waals surface area contributed by atoms with Crippen LogP contribution in [0.3, 0.4) is 0 Å². The molecule has 27 heavy (non-hydrogen) atoms. The quantitative estimate of drug-likeness (QED) is 0.790. The first-order valence-corrected chi connectivity index (χ1v) is 11.1. The Hall–Kier alpha value is -1.40. The van der Waals surface area contributed by atoms with Crippen LogP contribution < -0.4 is 9.80 Å². The molecular weight excluding hydrogens is 336 g/mol. The molecule has 6 heteroatoms. The highest BCUT2D eigenvalue weighted by molar-refractivity contribution is 5.47. The summed E-state index contributed by atoms with van der Waals surface area (Å²) in [5.41, 5.74) is 1.28. The lowest BCUT2D eigenvalue weighted by atomic mass is 10.2. The van der Waals surface area contributed by atoms with Crippen molar-refractivity contribution in [1.29, 1.82) is 0 Å². The zero-order valence-corrected chi connectivity index (χ0v) is 17.2. The third kappa shape index (κ3) is 4.72. The molecule has 0 radical (unpaired) electrons. The Morgan fingerprint density at radius 1 is 0.778 bits per heavy atom. The smallest absolute Gasteiger partial charge is 0.227 e. The number of hydrogen-bond acceptors (Lipinski definition) is 6. The molecule has 0 atom stereocenters. The van der Waals surface area contributed by atoms with Crippen molar-refractivity contribution in [3.05, 3.63) is 11.8 Å². The summed E-state index contributed by atoms with van der Waals surface area (Å²) in [7, 11) is 0. The Kier molecular flexibility index (Phi) is 6.13. The van der Waals surface area contributed by atoms with Gasteiger partial charge in [-0.1, -0.05) is 13.8 Å². The predicted molar refractivity (Wildman–Crippen MR) is 112 cm³/mol. The van der Waals surface area contributed by atoms with Crippen LogP contribution in [0.25, 0.3) is 0 Å². The molecule has 3 heterocycles. The molecule has 150 valence electrons. The average molecular weight is 373 g/mol. The first kappa shape index (κ1) is 18.9. The molecule has 0 bridgehead atoms. The van der Waals surface area contributed by atoms with Crippen LogP contribution in [0.2, 0.25) is 0 Å². The van der Waals surface area contributed by atoms with Crippen molar-refractivity contribution in [2.45, 2.75) is 45.4 Å². The second kappa shape index (κ2) is 8.74. The van der Waals surface area contributed by atoms with Gasteiger partial charge in [-0.25, -0.2) is 4.98 Å². The highest BCUT2D eigenvalue weighted by atomic mass is 15.3. The highest BCUT2D eigenvalue weighted by Gasteiger charge is 2.28. The largest absolute Gasteiger partial charge is 0.355 e. The maximum Gasteiger partial charge on any atom is 0.227 e. The molecule has 1 aliphatic carbocycles. The number of hydrogen-bond donors (Lipinski definition) is 0. The van der Waals surface area contributed by atoms with E-state index in [2.05, 4.69) is 39.5 Å². The molecule has 0 amide bonds. The number of nitrogens with zero attached hydrogens (tertiary/aromatic N) is 6. The third-order valence-corrected chi connectivity index (χ3v) is 6.39. The highest BCUT2D eigenvalue weighted by Crippen LogP contribution is 2.40.